The Kier molecular flexibility index (Phi) is 5.37. The van der Waals surface area contributed by atoms with Crippen LogP contribution in [0.2, 0.25) is 5.02 Å². The molecule has 0 saturated carbocycles. The minimum absolute atomic E-state index is 0.0908. The van der Waals surface area contributed by atoms with E-state index in [-0.39, 0.29) is 20.3 Å². The van der Waals surface area contributed by atoms with Crippen LogP contribution in [0.5, 0.6) is 0 Å². The molecule has 0 aliphatic heterocycles. The molecular formula is C11H13BrClNO4S. The van der Waals surface area contributed by atoms with Gasteiger partial charge in [0.05, 0.1) is 14.4 Å². The highest BCUT2D eigenvalue weighted by molar-refractivity contribution is 9.10. The first-order valence-electron chi connectivity index (χ1n) is 5.36. The van der Waals surface area contributed by atoms with Crippen molar-refractivity contribution in [2.45, 2.75) is 24.8 Å². The number of aliphatic carboxylic acids is 1. The molecule has 0 aliphatic carbocycles. The maximum atomic E-state index is 12.2. The molecule has 1 unspecified atom stereocenters. The standard InChI is InChI=1S/C11H13BrClNO4S/c1-6(2)10(11(15)16)14-19(17,18)8-5-3-4-7(13)9(8)12/h3-6,10,14H,1-2H3,(H,15,16). The molecular weight excluding hydrogens is 358 g/mol. The van der Waals surface area contributed by atoms with Crippen LogP contribution < -0.4 is 4.72 Å². The minimum Gasteiger partial charge on any atom is -0.480 e. The molecule has 106 valence electrons. The topological polar surface area (TPSA) is 83.5 Å². The predicted octanol–water partition coefficient (Wildman–Crippen LogP) is 2.49. The van der Waals surface area contributed by atoms with Crippen molar-refractivity contribution in [2.75, 3.05) is 0 Å². The highest BCUT2D eigenvalue weighted by Crippen LogP contribution is 2.29. The van der Waals surface area contributed by atoms with Crippen molar-refractivity contribution in [1.82, 2.24) is 4.72 Å². The number of halogens is 2. The molecule has 0 heterocycles. The van der Waals surface area contributed by atoms with Crippen LogP contribution in [0.15, 0.2) is 27.6 Å². The third-order valence-electron chi connectivity index (χ3n) is 2.42. The lowest BCUT2D eigenvalue weighted by Gasteiger charge is -2.18. The third kappa shape index (κ3) is 3.92. The Bertz CT molecular complexity index is 588. The summed E-state index contributed by atoms with van der Waals surface area (Å²) in [5.41, 5.74) is 0. The number of carbonyl (C=O) groups is 1. The Morgan fingerprint density at radius 1 is 1.42 bits per heavy atom. The average molecular weight is 371 g/mol. The van der Waals surface area contributed by atoms with Gasteiger partial charge in [-0.3, -0.25) is 4.79 Å². The van der Waals surface area contributed by atoms with Crippen molar-refractivity contribution >= 4 is 43.5 Å². The summed E-state index contributed by atoms with van der Waals surface area (Å²) in [6, 6.07) is 3.16. The van der Waals surface area contributed by atoms with E-state index < -0.39 is 22.0 Å². The number of carboxylic acid groups (broad SMARTS) is 1. The summed E-state index contributed by atoms with van der Waals surface area (Å²) in [6.07, 6.45) is 0. The zero-order valence-electron chi connectivity index (χ0n) is 10.2. The van der Waals surface area contributed by atoms with Gasteiger partial charge in [0, 0.05) is 0 Å². The molecule has 1 aromatic carbocycles. The molecule has 0 aliphatic rings. The van der Waals surface area contributed by atoms with Crippen LogP contribution in [0.1, 0.15) is 13.8 Å². The summed E-state index contributed by atoms with van der Waals surface area (Å²) < 4.78 is 26.7. The molecule has 1 rings (SSSR count). The van der Waals surface area contributed by atoms with Gasteiger partial charge in [0.15, 0.2) is 0 Å². The molecule has 0 aromatic heterocycles. The van der Waals surface area contributed by atoms with E-state index in [1.165, 1.54) is 18.2 Å². The van der Waals surface area contributed by atoms with Gasteiger partial charge in [0.25, 0.3) is 0 Å². The van der Waals surface area contributed by atoms with E-state index in [9.17, 15) is 13.2 Å². The van der Waals surface area contributed by atoms with Crippen molar-refractivity contribution in [3.8, 4) is 0 Å². The lowest BCUT2D eigenvalue weighted by molar-refractivity contribution is -0.140. The maximum Gasteiger partial charge on any atom is 0.322 e. The number of carboxylic acids is 1. The second-order valence-corrected chi connectivity index (χ2v) is 7.12. The summed E-state index contributed by atoms with van der Waals surface area (Å²) in [5.74, 6) is -1.61. The first-order valence-corrected chi connectivity index (χ1v) is 8.01. The predicted molar refractivity (Wildman–Crippen MR) is 75.7 cm³/mol. The van der Waals surface area contributed by atoms with Crippen molar-refractivity contribution in [3.63, 3.8) is 0 Å². The maximum absolute atomic E-state index is 12.2. The molecule has 0 amide bonds. The van der Waals surface area contributed by atoms with Crippen LogP contribution in [0.3, 0.4) is 0 Å². The molecule has 1 aromatic rings. The largest absolute Gasteiger partial charge is 0.480 e. The smallest absolute Gasteiger partial charge is 0.322 e. The lowest BCUT2D eigenvalue weighted by Crippen LogP contribution is -2.44. The summed E-state index contributed by atoms with van der Waals surface area (Å²) >= 11 is 8.91. The second-order valence-electron chi connectivity index (χ2n) is 4.23. The van der Waals surface area contributed by atoms with Crippen LogP contribution in [0.25, 0.3) is 0 Å². The van der Waals surface area contributed by atoms with Crippen molar-refractivity contribution < 1.29 is 18.3 Å². The fraction of sp³-hybridized carbons (Fsp3) is 0.364. The van der Waals surface area contributed by atoms with Crippen molar-refractivity contribution in [1.29, 1.82) is 0 Å². The Labute approximate surface area is 125 Å². The molecule has 19 heavy (non-hydrogen) atoms. The fourth-order valence-corrected chi connectivity index (χ4v) is 3.97. The first kappa shape index (κ1) is 16.4. The average Bonchev–Trinajstić information content (AvgIpc) is 2.28. The molecule has 0 saturated heterocycles. The van der Waals surface area contributed by atoms with Gasteiger partial charge in [-0.05, 0) is 34.0 Å². The third-order valence-corrected chi connectivity index (χ3v) is 5.56. The highest BCUT2D eigenvalue weighted by Gasteiger charge is 2.29. The summed E-state index contributed by atoms with van der Waals surface area (Å²) in [5, 5.41) is 9.25. The molecule has 2 N–H and O–H groups in total. The normalized spacial score (nSPS) is 13.5. The van der Waals surface area contributed by atoms with E-state index in [4.69, 9.17) is 16.7 Å². The highest BCUT2D eigenvalue weighted by atomic mass is 79.9. The number of nitrogens with one attached hydrogen (secondary N) is 1. The van der Waals surface area contributed by atoms with E-state index >= 15 is 0 Å². The van der Waals surface area contributed by atoms with Gasteiger partial charge in [-0.2, -0.15) is 4.72 Å². The quantitative estimate of drug-likeness (QED) is 0.834. The SMILES string of the molecule is CC(C)C(NS(=O)(=O)c1cccc(Cl)c1Br)C(=O)O. The zero-order valence-corrected chi connectivity index (χ0v) is 13.4. The van der Waals surface area contributed by atoms with E-state index in [1.807, 2.05) is 0 Å². The van der Waals surface area contributed by atoms with Crippen LogP contribution >= 0.6 is 27.5 Å². The van der Waals surface area contributed by atoms with Gasteiger partial charge in [-0.1, -0.05) is 31.5 Å². The van der Waals surface area contributed by atoms with Crippen LogP contribution in [0, 0.1) is 5.92 Å². The van der Waals surface area contributed by atoms with Gasteiger partial charge in [0.2, 0.25) is 10.0 Å². The Balaban J connectivity index is 3.18. The van der Waals surface area contributed by atoms with E-state index in [0.717, 1.165) is 0 Å². The molecule has 0 spiro atoms. The number of hydrogen-bond acceptors (Lipinski definition) is 3. The van der Waals surface area contributed by atoms with Crippen molar-refractivity contribution in [3.05, 3.63) is 27.7 Å². The van der Waals surface area contributed by atoms with Gasteiger partial charge in [0.1, 0.15) is 6.04 Å². The lowest BCUT2D eigenvalue weighted by atomic mass is 10.1. The van der Waals surface area contributed by atoms with E-state index in [1.54, 1.807) is 13.8 Å². The van der Waals surface area contributed by atoms with E-state index in [2.05, 4.69) is 20.7 Å². The van der Waals surface area contributed by atoms with Crippen molar-refractivity contribution in [2.24, 2.45) is 5.92 Å². The van der Waals surface area contributed by atoms with Gasteiger partial charge in [-0.15, -0.1) is 0 Å². The molecule has 0 radical (unpaired) electrons. The van der Waals surface area contributed by atoms with Crippen LogP contribution in [-0.2, 0) is 14.8 Å². The number of hydrogen-bond donors (Lipinski definition) is 2. The minimum atomic E-state index is -3.96. The summed E-state index contributed by atoms with van der Waals surface area (Å²) in [7, 11) is -3.96. The summed E-state index contributed by atoms with van der Waals surface area (Å²) in [6.45, 7) is 3.24. The van der Waals surface area contributed by atoms with E-state index in [0.29, 0.717) is 0 Å². The van der Waals surface area contributed by atoms with Gasteiger partial charge in [-0.25, -0.2) is 8.42 Å². The monoisotopic (exact) mass is 369 g/mol. The Hall–Kier alpha value is -0.630. The zero-order chi connectivity index (χ0) is 14.8. The molecule has 0 fully saturated rings. The number of rotatable bonds is 5. The van der Waals surface area contributed by atoms with Crippen LogP contribution in [0.4, 0.5) is 0 Å². The Morgan fingerprint density at radius 2 is 2.00 bits per heavy atom. The molecule has 8 heteroatoms. The van der Waals surface area contributed by atoms with Crippen LogP contribution in [-0.4, -0.2) is 25.5 Å². The fourth-order valence-electron chi connectivity index (χ4n) is 1.39. The second kappa shape index (κ2) is 6.21. The number of sulfonamides is 1. The molecule has 1 atom stereocenters. The summed E-state index contributed by atoms with van der Waals surface area (Å²) in [4.78, 5) is 10.9. The molecule has 0 bridgehead atoms. The Morgan fingerprint density at radius 3 is 2.47 bits per heavy atom. The number of benzene rings is 1. The first-order chi connectivity index (χ1) is 8.66. The van der Waals surface area contributed by atoms with Gasteiger partial charge < -0.3 is 5.11 Å². The van der Waals surface area contributed by atoms with Gasteiger partial charge >= 0.3 is 5.97 Å². The molecule has 5 nitrogen and oxygen atoms in total.